The number of para-hydroxylation sites is 1. The molecule has 0 spiro atoms. The topological polar surface area (TPSA) is 71.7 Å². The highest BCUT2D eigenvalue weighted by Crippen LogP contribution is 2.24. The van der Waals surface area contributed by atoms with Gasteiger partial charge in [-0.3, -0.25) is 9.69 Å². The van der Waals surface area contributed by atoms with Gasteiger partial charge < -0.3 is 14.2 Å². The molecule has 1 fully saturated rings. The number of likely N-dealkylation sites (N-methyl/N-ethyl adjacent to an activating group) is 1. The number of ether oxygens (including phenoxy) is 1. The van der Waals surface area contributed by atoms with Crippen molar-refractivity contribution in [1.82, 2.24) is 19.9 Å². The third-order valence-electron chi connectivity index (χ3n) is 4.63. The first kappa shape index (κ1) is 17.4. The fraction of sp³-hybridized carbons (Fsp3) is 0.500. The zero-order valence-corrected chi connectivity index (χ0v) is 14.9. The fourth-order valence-corrected chi connectivity index (χ4v) is 3.12. The Morgan fingerprint density at radius 3 is 2.88 bits per heavy atom. The highest BCUT2D eigenvalue weighted by atomic mass is 16.5. The zero-order chi connectivity index (χ0) is 17.8. The van der Waals surface area contributed by atoms with E-state index >= 15 is 0 Å². The van der Waals surface area contributed by atoms with Gasteiger partial charge in [-0.1, -0.05) is 23.4 Å². The highest BCUT2D eigenvalue weighted by Gasteiger charge is 2.31. The van der Waals surface area contributed by atoms with Crippen molar-refractivity contribution in [2.75, 3.05) is 33.8 Å². The molecule has 1 aliphatic heterocycles. The van der Waals surface area contributed by atoms with Crippen LogP contribution in [0.1, 0.15) is 29.7 Å². The number of carbonyl (C=O) groups excluding carboxylic acids is 1. The summed E-state index contributed by atoms with van der Waals surface area (Å²) in [6, 6.07) is 7.77. The summed E-state index contributed by atoms with van der Waals surface area (Å²) in [5.74, 6) is 2.15. The number of amides is 1. The van der Waals surface area contributed by atoms with E-state index in [2.05, 4.69) is 15.0 Å². The summed E-state index contributed by atoms with van der Waals surface area (Å²) in [7, 11) is 3.67. The molecule has 7 nitrogen and oxygen atoms in total. The molecule has 0 bridgehead atoms. The van der Waals surface area contributed by atoms with Gasteiger partial charge in [0.2, 0.25) is 11.8 Å². The number of hydrogen-bond acceptors (Lipinski definition) is 6. The maximum atomic E-state index is 12.7. The molecule has 1 saturated heterocycles. The zero-order valence-electron chi connectivity index (χ0n) is 14.9. The Bertz CT molecular complexity index is 731. The molecule has 1 amide bonds. The minimum absolute atomic E-state index is 0.0508. The van der Waals surface area contributed by atoms with E-state index in [-0.39, 0.29) is 11.9 Å². The first-order chi connectivity index (χ1) is 12.1. The van der Waals surface area contributed by atoms with Gasteiger partial charge in [-0.05, 0) is 32.0 Å². The van der Waals surface area contributed by atoms with Crippen LogP contribution in [-0.2, 0) is 11.2 Å². The highest BCUT2D eigenvalue weighted by molar-refractivity contribution is 5.76. The van der Waals surface area contributed by atoms with E-state index in [9.17, 15) is 4.79 Å². The monoisotopic (exact) mass is 344 g/mol. The number of rotatable bonds is 5. The second kappa shape index (κ2) is 7.65. The van der Waals surface area contributed by atoms with E-state index < -0.39 is 0 Å². The minimum Gasteiger partial charge on any atom is -0.496 e. The Balaban J connectivity index is 1.62. The average Bonchev–Trinajstić information content (AvgIpc) is 3.06. The number of aryl methyl sites for hydroxylation is 2. The van der Waals surface area contributed by atoms with Crippen molar-refractivity contribution in [3.05, 3.63) is 41.5 Å². The van der Waals surface area contributed by atoms with Crippen molar-refractivity contribution < 1.29 is 14.1 Å². The van der Waals surface area contributed by atoms with Crippen LogP contribution in [-0.4, -0.2) is 59.6 Å². The lowest BCUT2D eigenvalue weighted by molar-refractivity contribution is -0.134. The number of benzene rings is 1. The van der Waals surface area contributed by atoms with Gasteiger partial charge in [-0.25, -0.2) is 0 Å². The molecule has 0 saturated carbocycles. The molecule has 1 aromatic heterocycles. The van der Waals surface area contributed by atoms with Gasteiger partial charge in [0.1, 0.15) is 11.8 Å². The summed E-state index contributed by atoms with van der Waals surface area (Å²) in [6.45, 7) is 3.87. The molecule has 134 valence electrons. The van der Waals surface area contributed by atoms with Crippen LogP contribution in [0.25, 0.3) is 0 Å². The maximum Gasteiger partial charge on any atom is 0.245 e. The predicted molar refractivity (Wildman–Crippen MR) is 92.3 cm³/mol. The van der Waals surface area contributed by atoms with Crippen LogP contribution in [0.4, 0.5) is 0 Å². The summed E-state index contributed by atoms with van der Waals surface area (Å²) < 4.78 is 10.7. The van der Waals surface area contributed by atoms with Crippen molar-refractivity contribution in [2.24, 2.45) is 0 Å². The minimum atomic E-state index is -0.0508. The van der Waals surface area contributed by atoms with Crippen LogP contribution in [0.15, 0.2) is 28.8 Å². The summed E-state index contributed by atoms with van der Waals surface area (Å²) >= 11 is 0. The number of methoxy groups -OCH3 is 1. The molecule has 7 heteroatoms. The average molecular weight is 344 g/mol. The molecule has 2 aromatic rings. The number of piperazine rings is 1. The van der Waals surface area contributed by atoms with Crippen molar-refractivity contribution >= 4 is 5.91 Å². The van der Waals surface area contributed by atoms with Gasteiger partial charge >= 0.3 is 0 Å². The molecule has 3 rings (SSSR count). The molecule has 1 atom stereocenters. The van der Waals surface area contributed by atoms with E-state index in [1.165, 1.54) is 0 Å². The van der Waals surface area contributed by atoms with Gasteiger partial charge in [0.25, 0.3) is 0 Å². The van der Waals surface area contributed by atoms with Crippen LogP contribution in [0.3, 0.4) is 0 Å². The van der Waals surface area contributed by atoms with E-state index in [4.69, 9.17) is 9.26 Å². The third kappa shape index (κ3) is 3.99. The summed E-state index contributed by atoms with van der Waals surface area (Å²) in [5, 5.41) is 3.86. The number of carbonyl (C=O) groups is 1. The molecular weight excluding hydrogens is 320 g/mol. The van der Waals surface area contributed by atoms with Gasteiger partial charge in [-0.15, -0.1) is 0 Å². The quantitative estimate of drug-likeness (QED) is 0.824. The Kier molecular flexibility index (Phi) is 5.33. The lowest BCUT2D eigenvalue weighted by Crippen LogP contribution is -2.49. The van der Waals surface area contributed by atoms with Crippen LogP contribution >= 0.6 is 0 Å². The standard InChI is InChI=1S/C18H24N4O3/c1-13-19-18(25-20-13)15-12-22(11-10-21(15)2)17(23)9-8-14-6-4-5-7-16(14)24-3/h4-7,15H,8-12H2,1-3H3/t15-/m1/s1. The van der Waals surface area contributed by atoms with Gasteiger partial charge in [0.15, 0.2) is 5.82 Å². The van der Waals surface area contributed by atoms with E-state index in [1.807, 2.05) is 36.2 Å². The molecule has 0 N–H and O–H groups in total. The van der Waals surface area contributed by atoms with E-state index in [1.54, 1.807) is 14.0 Å². The number of nitrogens with zero attached hydrogens (tertiary/aromatic N) is 4. The van der Waals surface area contributed by atoms with Crippen LogP contribution in [0.5, 0.6) is 5.75 Å². The molecule has 1 aliphatic rings. The first-order valence-electron chi connectivity index (χ1n) is 8.48. The third-order valence-corrected chi connectivity index (χ3v) is 4.63. The summed E-state index contributed by atoms with van der Waals surface area (Å²) in [5.41, 5.74) is 1.05. The largest absolute Gasteiger partial charge is 0.496 e. The molecule has 2 heterocycles. The van der Waals surface area contributed by atoms with Crippen LogP contribution < -0.4 is 4.74 Å². The summed E-state index contributed by atoms with van der Waals surface area (Å²) in [4.78, 5) is 21.0. The Labute approximate surface area is 147 Å². The summed E-state index contributed by atoms with van der Waals surface area (Å²) in [6.07, 6.45) is 1.12. The lowest BCUT2D eigenvalue weighted by atomic mass is 10.1. The van der Waals surface area contributed by atoms with Gasteiger partial charge in [0.05, 0.1) is 7.11 Å². The van der Waals surface area contributed by atoms with Crippen LogP contribution in [0, 0.1) is 6.92 Å². The normalized spacial score (nSPS) is 18.4. The Morgan fingerprint density at radius 2 is 2.16 bits per heavy atom. The van der Waals surface area contributed by atoms with E-state index in [0.29, 0.717) is 37.6 Å². The fourth-order valence-electron chi connectivity index (χ4n) is 3.12. The van der Waals surface area contributed by atoms with Crippen LogP contribution in [0.2, 0.25) is 0 Å². The Morgan fingerprint density at radius 1 is 1.36 bits per heavy atom. The molecule has 0 aliphatic carbocycles. The molecule has 0 radical (unpaired) electrons. The molecule has 1 aromatic carbocycles. The number of hydrogen-bond donors (Lipinski definition) is 0. The first-order valence-corrected chi connectivity index (χ1v) is 8.48. The van der Waals surface area contributed by atoms with E-state index in [0.717, 1.165) is 17.9 Å². The number of aromatic nitrogens is 2. The second-order valence-electron chi connectivity index (χ2n) is 6.33. The molecular formula is C18H24N4O3. The van der Waals surface area contributed by atoms with Gasteiger partial charge in [-0.2, -0.15) is 4.98 Å². The Hall–Kier alpha value is -2.41. The molecule has 25 heavy (non-hydrogen) atoms. The SMILES string of the molecule is COc1ccccc1CCC(=O)N1CCN(C)[C@@H](c2nc(C)no2)C1. The molecule has 0 unspecified atom stereocenters. The van der Waals surface area contributed by atoms with Crippen molar-refractivity contribution in [2.45, 2.75) is 25.8 Å². The second-order valence-corrected chi connectivity index (χ2v) is 6.33. The predicted octanol–water partition coefficient (Wildman–Crippen LogP) is 1.83. The van der Waals surface area contributed by atoms with Crippen molar-refractivity contribution in [3.8, 4) is 5.75 Å². The van der Waals surface area contributed by atoms with Crippen molar-refractivity contribution in [3.63, 3.8) is 0 Å². The van der Waals surface area contributed by atoms with Gasteiger partial charge in [0, 0.05) is 26.1 Å². The van der Waals surface area contributed by atoms with Crippen molar-refractivity contribution in [1.29, 1.82) is 0 Å². The smallest absolute Gasteiger partial charge is 0.245 e. The lowest BCUT2D eigenvalue weighted by Gasteiger charge is -2.37. The maximum absolute atomic E-state index is 12.7.